The molecular weight excluding hydrogens is 202 g/mol. The van der Waals surface area contributed by atoms with Gasteiger partial charge in [-0.05, 0) is 28.8 Å². The summed E-state index contributed by atoms with van der Waals surface area (Å²) < 4.78 is 0. The lowest BCUT2D eigenvalue weighted by Gasteiger charge is -2.08. The van der Waals surface area contributed by atoms with E-state index in [0.29, 0.717) is 5.56 Å². The first-order valence-electron chi connectivity index (χ1n) is 5.22. The van der Waals surface area contributed by atoms with E-state index >= 15 is 0 Å². The normalized spacial score (nSPS) is 10.4. The zero-order valence-electron chi connectivity index (χ0n) is 9.03. The molecule has 0 heterocycles. The number of hydrogen-bond donors (Lipinski definition) is 2. The van der Waals surface area contributed by atoms with E-state index in [-0.39, 0.29) is 0 Å². The van der Waals surface area contributed by atoms with Crippen LogP contribution in [0.25, 0.3) is 10.8 Å². The molecule has 16 heavy (non-hydrogen) atoms. The molecule has 2 rings (SSSR count). The lowest BCUT2D eigenvalue weighted by atomic mass is 9.99. The standard InChI is InChI=1S/C13H13NO2/c1-2-9-7-10-5-3-4-6-11(10)8-12(9)13(15)14-16/h3-8,16H,2H2,1H3,(H,14,15). The van der Waals surface area contributed by atoms with Gasteiger partial charge in [-0.3, -0.25) is 10.0 Å². The van der Waals surface area contributed by atoms with Gasteiger partial charge in [0, 0.05) is 5.56 Å². The molecule has 0 bridgehead atoms. The molecule has 0 aliphatic heterocycles. The van der Waals surface area contributed by atoms with Crippen LogP contribution in [-0.4, -0.2) is 11.1 Å². The molecule has 0 fully saturated rings. The fourth-order valence-corrected chi connectivity index (χ4v) is 1.85. The Balaban J connectivity index is 2.67. The van der Waals surface area contributed by atoms with Crippen molar-refractivity contribution in [3.05, 3.63) is 47.5 Å². The van der Waals surface area contributed by atoms with Crippen LogP contribution in [0.2, 0.25) is 0 Å². The summed E-state index contributed by atoms with van der Waals surface area (Å²) in [6.45, 7) is 1.98. The van der Waals surface area contributed by atoms with Crippen LogP contribution in [-0.2, 0) is 6.42 Å². The number of rotatable bonds is 2. The maximum absolute atomic E-state index is 11.5. The molecule has 2 N–H and O–H groups in total. The molecule has 0 unspecified atom stereocenters. The van der Waals surface area contributed by atoms with Crippen molar-refractivity contribution in [1.82, 2.24) is 5.48 Å². The van der Waals surface area contributed by atoms with E-state index < -0.39 is 5.91 Å². The Hall–Kier alpha value is -1.87. The number of hydroxylamine groups is 1. The molecule has 0 aliphatic carbocycles. The highest BCUT2D eigenvalue weighted by Crippen LogP contribution is 2.20. The quantitative estimate of drug-likeness (QED) is 0.597. The zero-order valence-corrected chi connectivity index (χ0v) is 9.03. The highest BCUT2D eigenvalue weighted by Gasteiger charge is 2.10. The lowest BCUT2D eigenvalue weighted by molar-refractivity contribution is 0.0705. The van der Waals surface area contributed by atoms with Crippen LogP contribution >= 0.6 is 0 Å². The summed E-state index contributed by atoms with van der Waals surface area (Å²) >= 11 is 0. The van der Waals surface area contributed by atoms with Crippen molar-refractivity contribution in [3.8, 4) is 0 Å². The van der Waals surface area contributed by atoms with Gasteiger partial charge in [0.25, 0.3) is 5.91 Å². The molecule has 0 aromatic heterocycles. The van der Waals surface area contributed by atoms with E-state index in [2.05, 4.69) is 0 Å². The molecule has 3 nitrogen and oxygen atoms in total. The molecule has 3 heteroatoms. The zero-order chi connectivity index (χ0) is 11.5. The Morgan fingerprint density at radius 1 is 1.25 bits per heavy atom. The molecule has 2 aromatic carbocycles. The van der Waals surface area contributed by atoms with Crippen LogP contribution in [0.5, 0.6) is 0 Å². The fourth-order valence-electron chi connectivity index (χ4n) is 1.85. The van der Waals surface area contributed by atoms with Crippen molar-refractivity contribution in [3.63, 3.8) is 0 Å². The van der Waals surface area contributed by atoms with Gasteiger partial charge in [-0.15, -0.1) is 0 Å². The molecule has 0 saturated heterocycles. The minimum absolute atomic E-state index is 0.456. The van der Waals surface area contributed by atoms with Crippen molar-refractivity contribution in [2.45, 2.75) is 13.3 Å². The molecule has 0 aliphatic rings. The smallest absolute Gasteiger partial charge is 0.274 e. The van der Waals surface area contributed by atoms with Gasteiger partial charge < -0.3 is 0 Å². The van der Waals surface area contributed by atoms with Crippen LogP contribution in [0.3, 0.4) is 0 Å². The third kappa shape index (κ3) is 1.77. The van der Waals surface area contributed by atoms with Gasteiger partial charge >= 0.3 is 0 Å². The third-order valence-corrected chi connectivity index (χ3v) is 2.70. The van der Waals surface area contributed by atoms with Crippen molar-refractivity contribution < 1.29 is 10.0 Å². The maximum Gasteiger partial charge on any atom is 0.274 e. The summed E-state index contributed by atoms with van der Waals surface area (Å²) in [6, 6.07) is 11.6. The first-order valence-corrected chi connectivity index (χ1v) is 5.22. The first-order chi connectivity index (χ1) is 7.76. The van der Waals surface area contributed by atoms with Gasteiger partial charge in [0.15, 0.2) is 0 Å². The maximum atomic E-state index is 11.5. The summed E-state index contributed by atoms with van der Waals surface area (Å²) in [5.41, 5.74) is 3.15. The number of fused-ring (bicyclic) bond motifs is 1. The molecule has 0 saturated carbocycles. The Morgan fingerprint density at radius 2 is 1.88 bits per heavy atom. The van der Waals surface area contributed by atoms with E-state index in [1.54, 1.807) is 11.5 Å². The number of carbonyl (C=O) groups excluding carboxylic acids is 1. The molecule has 82 valence electrons. The number of amides is 1. The molecule has 0 atom stereocenters. The van der Waals surface area contributed by atoms with Crippen LogP contribution in [0, 0.1) is 0 Å². The Morgan fingerprint density at radius 3 is 2.44 bits per heavy atom. The molecule has 0 spiro atoms. The van der Waals surface area contributed by atoms with Gasteiger partial charge in [0.05, 0.1) is 0 Å². The first kappa shape index (κ1) is 10.6. The number of aryl methyl sites for hydroxylation is 1. The van der Waals surface area contributed by atoms with Gasteiger partial charge in [0.1, 0.15) is 0 Å². The highest BCUT2D eigenvalue weighted by molar-refractivity contribution is 5.99. The second kappa shape index (κ2) is 4.33. The van der Waals surface area contributed by atoms with Crippen molar-refractivity contribution in [2.75, 3.05) is 0 Å². The van der Waals surface area contributed by atoms with Crippen molar-refractivity contribution in [2.24, 2.45) is 0 Å². The molecule has 1 amide bonds. The van der Waals surface area contributed by atoms with Crippen LogP contribution < -0.4 is 5.48 Å². The van der Waals surface area contributed by atoms with Crippen molar-refractivity contribution >= 4 is 16.7 Å². The average molecular weight is 215 g/mol. The second-order valence-corrected chi connectivity index (χ2v) is 3.65. The van der Waals surface area contributed by atoms with Gasteiger partial charge in [-0.25, -0.2) is 5.48 Å². The minimum Gasteiger partial charge on any atom is -0.288 e. The lowest BCUT2D eigenvalue weighted by Crippen LogP contribution is -2.20. The SMILES string of the molecule is CCc1cc2ccccc2cc1C(=O)NO. The van der Waals surface area contributed by atoms with E-state index in [4.69, 9.17) is 5.21 Å². The summed E-state index contributed by atoms with van der Waals surface area (Å²) in [5.74, 6) is -0.456. The average Bonchev–Trinajstić information content (AvgIpc) is 2.36. The highest BCUT2D eigenvalue weighted by atomic mass is 16.5. The van der Waals surface area contributed by atoms with E-state index in [1.807, 2.05) is 37.3 Å². The minimum atomic E-state index is -0.456. The largest absolute Gasteiger partial charge is 0.288 e. The summed E-state index contributed by atoms with van der Waals surface area (Å²) in [6.07, 6.45) is 0.758. The fraction of sp³-hybridized carbons (Fsp3) is 0.154. The van der Waals surface area contributed by atoms with Gasteiger partial charge in [-0.2, -0.15) is 0 Å². The summed E-state index contributed by atoms with van der Waals surface area (Å²) in [5, 5.41) is 10.8. The summed E-state index contributed by atoms with van der Waals surface area (Å²) in [4.78, 5) is 11.5. The van der Waals surface area contributed by atoms with Crippen LogP contribution in [0.4, 0.5) is 0 Å². The predicted molar refractivity (Wildman–Crippen MR) is 62.6 cm³/mol. The predicted octanol–water partition coefficient (Wildman–Crippen LogP) is 2.52. The molecule has 2 aromatic rings. The second-order valence-electron chi connectivity index (χ2n) is 3.65. The van der Waals surface area contributed by atoms with Gasteiger partial charge in [-0.1, -0.05) is 37.3 Å². The Kier molecular flexibility index (Phi) is 2.88. The van der Waals surface area contributed by atoms with Crippen LogP contribution in [0.15, 0.2) is 36.4 Å². The molecular formula is C13H13NO2. The van der Waals surface area contributed by atoms with E-state index in [9.17, 15) is 4.79 Å². The van der Waals surface area contributed by atoms with Crippen molar-refractivity contribution in [1.29, 1.82) is 0 Å². The number of nitrogens with one attached hydrogen (secondary N) is 1. The number of carbonyl (C=O) groups is 1. The Labute approximate surface area is 93.7 Å². The Bertz CT molecular complexity index is 534. The van der Waals surface area contributed by atoms with E-state index in [0.717, 1.165) is 22.8 Å². The topological polar surface area (TPSA) is 49.3 Å². The molecule has 0 radical (unpaired) electrons. The van der Waals surface area contributed by atoms with Crippen LogP contribution in [0.1, 0.15) is 22.8 Å². The third-order valence-electron chi connectivity index (χ3n) is 2.70. The number of hydrogen-bond acceptors (Lipinski definition) is 2. The summed E-state index contributed by atoms with van der Waals surface area (Å²) in [7, 11) is 0. The number of benzene rings is 2. The monoisotopic (exact) mass is 215 g/mol. The van der Waals surface area contributed by atoms with Gasteiger partial charge in [0.2, 0.25) is 0 Å². The van der Waals surface area contributed by atoms with E-state index in [1.165, 1.54) is 0 Å².